The van der Waals surface area contributed by atoms with Crippen molar-refractivity contribution in [3.63, 3.8) is 0 Å². The summed E-state index contributed by atoms with van der Waals surface area (Å²) in [6.07, 6.45) is 3.24. The van der Waals surface area contributed by atoms with Crippen LogP contribution >= 0.6 is 0 Å². The number of fused-ring (bicyclic) bond motifs is 1. The van der Waals surface area contributed by atoms with Crippen molar-refractivity contribution >= 4 is 5.69 Å². The van der Waals surface area contributed by atoms with Crippen molar-refractivity contribution in [2.45, 2.75) is 19.3 Å². The molecule has 2 aromatic rings. The zero-order valence-corrected chi connectivity index (χ0v) is 11.9. The first-order chi connectivity index (χ1) is 9.86. The van der Waals surface area contributed by atoms with Crippen molar-refractivity contribution < 1.29 is 0 Å². The van der Waals surface area contributed by atoms with Gasteiger partial charge < -0.3 is 10.6 Å². The number of nitrogens with zero attached hydrogens (tertiary/aromatic N) is 1. The number of rotatable bonds is 3. The Labute approximate surface area is 121 Å². The standard InChI is InChI=1S/C18H22N2/c19-12-9-15-5-7-18(8-6-15)20-13-10-16-3-1-2-4-17(16)11-14-20/h1-8H,9-14,19H2. The van der Waals surface area contributed by atoms with Crippen LogP contribution in [0.25, 0.3) is 0 Å². The van der Waals surface area contributed by atoms with E-state index in [1.807, 2.05) is 0 Å². The molecule has 2 aromatic carbocycles. The average molecular weight is 266 g/mol. The minimum absolute atomic E-state index is 0.721. The van der Waals surface area contributed by atoms with E-state index in [-0.39, 0.29) is 0 Å². The summed E-state index contributed by atoms with van der Waals surface area (Å²) in [6.45, 7) is 2.93. The molecule has 0 atom stereocenters. The summed E-state index contributed by atoms with van der Waals surface area (Å²) in [6, 6.07) is 17.7. The molecule has 0 bridgehead atoms. The second kappa shape index (κ2) is 6.10. The summed E-state index contributed by atoms with van der Waals surface area (Å²) in [5, 5.41) is 0. The smallest absolute Gasteiger partial charge is 0.0366 e. The van der Waals surface area contributed by atoms with Gasteiger partial charge in [0, 0.05) is 18.8 Å². The van der Waals surface area contributed by atoms with Crippen LogP contribution in [0.2, 0.25) is 0 Å². The minimum Gasteiger partial charge on any atom is -0.371 e. The van der Waals surface area contributed by atoms with Gasteiger partial charge in [0.05, 0.1) is 0 Å². The molecule has 20 heavy (non-hydrogen) atoms. The monoisotopic (exact) mass is 266 g/mol. The van der Waals surface area contributed by atoms with Crippen LogP contribution in [-0.4, -0.2) is 19.6 Å². The van der Waals surface area contributed by atoms with Crippen LogP contribution in [-0.2, 0) is 19.3 Å². The lowest BCUT2D eigenvalue weighted by Gasteiger charge is -2.22. The third-order valence-corrected chi connectivity index (χ3v) is 4.16. The van der Waals surface area contributed by atoms with Gasteiger partial charge in [-0.25, -0.2) is 0 Å². The van der Waals surface area contributed by atoms with Crippen molar-refractivity contribution in [3.8, 4) is 0 Å². The van der Waals surface area contributed by atoms with E-state index in [1.54, 1.807) is 0 Å². The SMILES string of the molecule is NCCc1ccc(N2CCc3ccccc3CC2)cc1. The fourth-order valence-electron chi connectivity index (χ4n) is 2.97. The van der Waals surface area contributed by atoms with Crippen molar-refractivity contribution in [2.24, 2.45) is 5.73 Å². The fraction of sp³-hybridized carbons (Fsp3) is 0.333. The highest BCUT2D eigenvalue weighted by Crippen LogP contribution is 2.21. The predicted octanol–water partition coefficient (Wildman–Crippen LogP) is 2.79. The van der Waals surface area contributed by atoms with Crippen LogP contribution in [0.5, 0.6) is 0 Å². The first kappa shape index (κ1) is 13.2. The zero-order valence-electron chi connectivity index (χ0n) is 11.9. The molecular weight excluding hydrogens is 244 g/mol. The molecule has 1 heterocycles. The summed E-state index contributed by atoms with van der Waals surface area (Å²) in [5.74, 6) is 0. The number of hydrogen-bond acceptors (Lipinski definition) is 2. The molecule has 0 spiro atoms. The fourth-order valence-corrected chi connectivity index (χ4v) is 2.97. The maximum absolute atomic E-state index is 5.60. The maximum Gasteiger partial charge on any atom is 0.0366 e. The average Bonchev–Trinajstić information content (AvgIpc) is 2.71. The number of hydrogen-bond donors (Lipinski definition) is 1. The van der Waals surface area contributed by atoms with E-state index in [4.69, 9.17) is 5.73 Å². The van der Waals surface area contributed by atoms with Gasteiger partial charge in [-0.2, -0.15) is 0 Å². The Hall–Kier alpha value is -1.80. The maximum atomic E-state index is 5.60. The van der Waals surface area contributed by atoms with Gasteiger partial charge in [-0.15, -0.1) is 0 Å². The molecule has 104 valence electrons. The Kier molecular flexibility index (Phi) is 4.03. The van der Waals surface area contributed by atoms with Gasteiger partial charge in [0.15, 0.2) is 0 Å². The van der Waals surface area contributed by atoms with Crippen LogP contribution in [0.1, 0.15) is 16.7 Å². The molecule has 0 radical (unpaired) electrons. The van der Waals surface area contributed by atoms with E-state index in [1.165, 1.54) is 22.4 Å². The molecule has 2 nitrogen and oxygen atoms in total. The molecule has 0 amide bonds. The number of nitrogens with two attached hydrogens (primary N) is 1. The molecule has 0 saturated carbocycles. The molecule has 1 aliphatic heterocycles. The molecule has 0 saturated heterocycles. The van der Waals surface area contributed by atoms with E-state index in [2.05, 4.69) is 53.4 Å². The van der Waals surface area contributed by atoms with Crippen LogP contribution in [0.3, 0.4) is 0 Å². The highest BCUT2D eigenvalue weighted by atomic mass is 15.1. The normalized spacial score (nSPS) is 14.8. The minimum atomic E-state index is 0.721. The third kappa shape index (κ3) is 2.86. The Morgan fingerprint density at radius 1 is 0.850 bits per heavy atom. The predicted molar refractivity (Wildman–Crippen MR) is 85.3 cm³/mol. The molecule has 0 aliphatic carbocycles. The van der Waals surface area contributed by atoms with Crippen molar-refractivity contribution in [2.75, 3.05) is 24.5 Å². The summed E-state index contributed by atoms with van der Waals surface area (Å²) in [7, 11) is 0. The Bertz CT molecular complexity index is 533. The van der Waals surface area contributed by atoms with E-state index < -0.39 is 0 Å². The highest BCUT2D eigenvalue weighted by molar-refractivity contribution is 5.49. The van der Waals surface area contributed by atoms with Gasteiger partial charge in [0.1, 0.15) is 0 Å². The number of anilines is 1. The van der Waals surface area contributed by atoms with Crippen LogP contribution in [0.15, 0.2) is 48.5 Å². The van der Waals surface area contributed by atoms with Gasteiger partial charge in [-0.05, 0) is 54.6 Å². The van der Waals surface area contributed by atoms with Crippen molar-refractivity contribution in [3.05, 3.63) is 65.2 Å². The van der Waals surface area contributed by atoms with Crippen molar-refractivity contribution in [1.82, 2.24) is 0 Å². The molecule has 2 N–H and O–H groups in total. The van der Waals surface area contributed by atoms with Crippen molar-refractivity contribution in [1.29, 1.82) is 0 Å². The lowest BCUT2D eigenvalue weighted by atomic mass is 10.0. The topological polar surface area (TPSA) is 29.3 Å². The second-order valence-corrected chi connectivity index (χ2v) is 5.46. The summed E-state index contributed by atoms with van der Waals surface area (Å²) in [5.41, 5.74) is 11.3. The van der Waals surface area contributed by atoms with E-state index in [0.717, 1.165) is 38.9 Å². The lowest BCUT2D eigenvalue weighted by molar-refractivity contribution is 0.805. The molecule has 3 rings (SSSR count). The van der Waals surface area contributed by atoms with Gasteiger partial charge in [0.25, 0.3) is 0 Å². The Morgan fingerprint density at radius 3 is 2.00 bits per heavy atom. The molecule has 1 aliphatic rings. The largest absolute Gasteiger partial charge is 0.371 e. The quantitative estimate of drug-likeness (QED) is 0.925. The van der Waals surface area contributed by atoms with E-state index in [9.17, 15) is 0 Å². The first-order valence-electron chi connectivity index (χ1n) is 7.47. The summed E-state index contributed by atoms with van der Waals surface area (Å²) in [4.78, 5) is 2.49. The van der Waals surface area contributed by atoms with Crippen LogP contribution < -0.4 is 10.6 Å². The number of benzene rings is 2. The van der Waals surface area contributed by atoms with Gasteiger partial charge in [-0.1, -0.05) is 36.4 Å². The highest BCUT2D eigenvalue weighted by Gasteiger charge is 2.13. The van der Waals surface area contributed by atoms with Gasteiger partial charge >= 0.3 is 0 Å². The molecule has 0 aromatic heterocycles. The van der Waals surface area contributed by atoms with E-state index >= 15 is 0 Å². The van der Waals surface area contributed by atoms with Crippen LogP contribution in [0, 0.1) is 0 Å². The Balaban J connectivity index is 1.73. The van der Waals surface area contributed by atoms with E-state index in [0.29, 0.717) is 0 Å². The van der Waals surface area contributed by atoms with Gasteiger partial charge in [0.2, 0.25) is 0 Å². The molecule has 0 unspecified atom stereocenters. The summed E-state index contributed by atoms with van der Waals surface area (Å²) >= 11 is 0. The lowest BCUT2D eigenvalue weighted by Crippen LogP contribution is -2.25. The second-order valence-electron chi connectivity index (χ2n) is 5.46. The zero-order chi connectivity index (χ0) is 13.8. The van der Waals surface area contributed by atoms with Gasteiger partial charge in [-0.3, -0.25) is 0 Å². The Morgan fingerprint density at radius 2 is 1.45 bits per heavy atom. The molecular formula is C18H22N2. The first-order valence-corrected chi connectivity index (χ1v) is 7.47. The molecule has 0 fully saturated rings. The molecule has 2 heteroatoms. The summed E-state index contributed by atoms with van der Waals surface area (Å²) < 4.78 is 0. The third-order valence-electron chi connectivity index (χ3n) is 4.16. The van der Waals surface area contributed by atoms with Crippen LogP contribution in [0.4, 0.5) is 5.69 Å².